The third-order valence-electron chi connectivity index (χ3n) is 6.42. The first-order valence-electron chi connectivity index (χ1n) is 10.3. The average molecular weight is 414 g/mol. The van der Waals surface area contributed by atoms with E-state index < -0.39 is 5.92 Å². The van der Waals surface area contributed by atoms with Crippen molar-refractivity contribution >= 4 is 11.5 Å². The van der Waals surface area contributed by atoms with E-state index in [2.05, 4.69) is 6.07 Å². The smallest absolute Gasteiger partial charge is 0.231 e. The molecule has 0 amide bonds. The summed E-state index contributed by atoms with van der Waals surface area (Å²) in [6.45, 7) is 2.03. The quantitative estimate of drug-likeness (QED) is 0.737. The molecule has 6 heteroatoms. The maximum atomic E-state index is 13.4. The van der Waals surface area contributed by atoms with Crippen LogP contribution in [-0.4, -0.2) is 25.4 Å². The van der Waals surface area contributed by atoms with Gasteiger partial charge in [-0.15, -0.1) is 0 Å². The number of allylic oxidation sites excluding steroid dienone is 2. The summed E-state index contributed by atoms with van der Waals surface area (Å²) < 4.78 is 16.2. The van der Waals surface area contributed by atoms with Crippen molar-refractivity contribution in [1.82, 2.24) is 0 Å². The van der Waals surface area contributed by atoms with E-state index in [1.165, 1.54) is 0 Å². The molecule has 3 aliphatic rings. The molecule has 6 nitrogen and oxygen atoms in total. The number of fused-ring (bicyclic) bond motifs is 2. The number of rotatable bonds is 3. The minimum Gasteiger partial charge on any atom is -0.497 e. The fraction of sp³-hybridized carbons (Fsp3) is 0.320. The number of nitriles is 1. The first-order chi connectivity index (χ1) is 15.1. The molecule has 0 aromatic heterocycles. The summed E-state index contributed by atoms with van der Waals surface area (Å²) in [7, 11) is 1.64. The molecule has 2 aromatic carbocycles. The molecule has 2 aromatic rings. The maximum Gasteiger partial charge on any atom is 0.231 e. The van der Waals surface area contributed by atoms with Crippen molar-refractivity contribution < 1.29 is 19.0 Å². The summed E-state index contributed by atoms with van der Waals surface area (Å²) in [5.74, 6) is 1.54. The van der Waals surface area contributed by atoms with Gasteiger partial charge in [-0.1, -0.05) is 18.2 Å². The SMILES string of the molecule is COc1ccc([C@H]2CC(=O)[C@H]3C(=NC(C)=C(C#N)[C@H]3c3ccc4c(c3)OCO4)C2)cc1. The highest BCUT2D eigenvalue weighted by Gasteiger charge is 2.44. The third-order valence-corrected chi connectivity index (χ3v) is 6.42. The number of nitrogens with zero attached hydrogens (tertiary/aromatic N) is 2. The van der Waals surface area contributed by atoms with Crippen LogP contribution in [0, 0.1) is 17.2 Å². The van der Waals surface area contributed by atoms with Gasteiger partial charge in [0.05, 0.1) is 30.4 Å². The number of methoxy groups -OCH3 is 1. The Morgan fingerprint density at radius 2 is 1.77 bits per heavy atom. The number of ether oxygens (including phenoxy) is 3. The van der Waals surface area contributed by atoms with E-state index in [0.717, 1.165) is 22.6 Å². The highest BCUT2D eigenvalue weighted by atomic mass is 16.7. The van der Waals surface area contributed by atoms with Crippen LogP contribution in [0.2, 0.25) is 0 Å². The van der Waals surface area contributed by atoms with E-state index in [1.54, 1.807) is 7.11 Å². The van der Waals surface area contributed by atoms with Gasteiger partial charge in [-0.3, -0.25) is 9.79 Å². The lowest BCUT2D eigenvalue weighted by Crippen LogP contribution is -2.39. The first kappa shape index (κ1) is 19.4. The van der Waals surface area contributed by atoms with Gasteiger partial charge in [0.2, 0.25) is 6.79 Å². The monoisotopic (exact) mass is 414 g/mol. The van der Waals surface area contributed by atoms with Crippen LogP contribution in [0.15, 0.2) is 58.7 Å². The highest BCUT2D eigenvalue weighted by Crippen LogP contribution is 2.47. The molecule has 1 fully saturated rings. The van der Waals surface area contributed by atoms with E-state index >= 15 is 0 Å². The molecule has 2 aliphatic heterocycles. The summed E-state index contributed by atoms with van der Waals surface area (Å²) in [6, 6.07) is 15.8. The molecule has 0 radical (unpaired) electrons. The Balaban J connectivity index is 1.52. The van der Waals surface area contributed by atoms with Crippen molar-refractivity contribution in [2.75, 3.05) is 13.9 Å². The van der Waals surface area contributed by atoms with E-state index in [9.17, 15) is 10.1 Å². The number of ketones is 1. The Hall–Kier alpha value is -3.59. The summed E-state index contributed by atoms with van der Waals surface area (Å²) in [5, 5.41) is 9.89. The summed E-state index contributed by atoms with van der Waals surface area (Å²) in [5.41, 5.74) is 4.07. The maximum absolute atomic E-state index is 13.4. The lowest BCUT2D eigenvalue weighted by atomic mass is 9.66. The lowest BCUT2D eigenvalue weighted by molar-refractivity contribution is -0.122. The Bertz CT molecular complexity index is 1160. The number of hydrogen-bond donors (Lipinski definition) is 0. The molecule has 0 saturated heterocycles. The second-order valence-corrected chi connectivity index (χ2v) is 8.13. The van der Waals surface area contributed by atoms with Gasteiger partial charge in [0, 0.05) is 18.1 Å². The fourth-order valence-electron chi connectivity index (χ4n) is 4.90. The normalized spacial score (nSPS) is 24.4. The van der Waals surface area contributed by atoms with Gasteiger partial charge in [0.25, 0.3) is 0 Å². The molecule has 3 atom stereocenters. The second-order valence-electron chi connectivity index (χ2n) is 8.13. The van der Waals surface area contributed by atoms with Crippen molar-refractivity contribution in [2.45, 2.75) is 31.6 Å². The minimum absolute atomic E-state index is 0.0715. The molecule has 0 spiro atoms. The topological polar surface area (TPSA) is 80.9 Å². The van der Waals surface area contributed by atoms with Crippen LogP contribution in [0.1, 0.15) is 42.7 Å². The Kier molecular flexibility index (Phi) is 4.74. The van der Waals surface area contributed by atoms with E-state index in [4.69, 9.17) is 19.2 Å². The van der Waals surface area contributed by atoms with Crippen molar-refractivity contribution in [3.8, 4) is 23.3 Å². The van der Waals surface area contributed by atoms with E-state index in [1.807, 2.05) is 49.4 Å². The molecule has 0 N–H and O–H groups in total. The van der Waals surface area contributed by atoms with Crippen molar-refractivity contribution in [3.05, 3.63) is 64.9 Å². The van der Waals surface area contributed by atoms with Crippen LogP contribution in [0.25, 0.3) is 0 Å². The average Bonchev–Trinajstić information content (AvgIpc) is 3.26. The number of Topliss-reactive ketones (excluding diaryl/α,β-unsaturated/α-hetero) is 1. The van der Waals surface area contributed by atoms with E-state index in [-0.39, 0.29) is 24.4 Å². The number of carbonyl (C=O) groups excluding carboxylic acids is 1. The molecule has 2 heterocycles. The second kappa shape index (κ2) is 7.59. The zero-order valence-corrected chi connectivity index (χ0v) is 17.4. The predicted molar refractivity (Wildman–Crippen MR) is 115 cm³/mol. The van der Waals surface area contributed by atoms with Crippen LogP contribution in [0.4, 0.5) is 0 Å². The standard InChI is InChI=1S/C25H22N2O4/c1-14-19(12-26)24(16-5-8-22-23(11-16)31-13-30-22)25-20(27-14)9-17(10-21(25)28)15-3-6-18(29-2)7-4-15/h3-8,11,17,24-25H,9-10,13H2,1-2H3/t17-,24-,25-/m1/s1. The number of carbonyl (C=O) groups is 1. The van der Waals surface area contributed by atoms with Crippen molar-refractivity contribution in [1.29, 1.82) is 5.26 Å². The Morgan fingerprint density at radius 3 is 2.52 bits per heavy atom. The fourth-order valence-corrected chi connectivity index (χ4v) is 4.90. The van der Waals surface area contributed by atoms with Crippen LogP contribution in [-0.2, 0) is 4.79 Å². The molecule has 0 unspecified atom stereocenters. The van der Waals surface area contributed by atoms with Gasteiger partial charge in [-0.05, 0) is 54.7 Å². The molecular weight excluding hydrogens is 392 g/mol. The molecule has 1 aliphatic carbocycles. The van der Waals surface area contributed by atoms with Gasteiger partial charge in [-0.25, -0.2) is 0 Å². The minimum atomic E-state index is -0.423. The zero-order chi connectivity index (χ0) is 21.5. The van der Waals surface area contributed by atoms with Gasteiger partial charge in [-0.2, -0.15) is 5.26 Å². The van der Waals surface area contributed by atoms with Crippen LogP contribution in [0.3, 0.4) is 0 Å². The number of aliphatic imine (C=N–C) groups is 1. The van der Waals surface area contributed by atoms with Crippen molar-refractivity contribution in [3.63, 3.8) is 0 Å². The summed E-state index contributed by atoms with van der Waals surface area (Å²) in [6.07, 6.45) is 1.12. The molecule has 1 saturated carbocycles. The van der Waals surface area contributed by atoms with Crippen LogP contribution < -0.4 is 14.2 Å². The van der Waals surface area contributed by atoms with Crippen molar-refractivity contribution in [2.24, 2.45) is 10.9 Å². The Morgan fingerprint density at radius 1 is 1.03 bits per heavy atom. The largest absolute Gasteiger partial charge is 0.497 e. The Labute approximate surface area is 180 Å². The lowest BCUT2D eigenvalue weighted by Gasteiger charge is -2.37. The molecule has 31 heavy (non-hydrogen) atoms. The summed E-state index contributed by atoms with van der Waals surface area (Å²) in [4.78, 5) is 18.2. The van der Waals surface area contributed by atoms with Crippen LogP contribution in [0.5, 0.6) is 17.2 Å². The number of benzene rings is 2. The molecule has 5 rings (SSSR count). The predicted octanol–water partition coefficient (Wildman–Crippen LogP) is 4.52. The van der Waals surface area contributed by atoms with Gasteiger partial charge in [0.1, 0.15) is 11.5 Å². The van der Waals surface area contributed by atoms with Gasteiger partial charge >= 0.3 is 0 Å². The van der Waals surface area contributed by atoms with Crippen LogP contribution >= 0.6 is 0 Å². The molecule has 156 valence electrons. The van der Waals surface area contributed by atoms with E-state index in [0.29, 0.717) is 35.6 Å². The highest BCUT2D eigenvalue weighted by molar-refractivity contribution is 6.10. The van der Waals surface area contributed by atoms with Gasteiger partial charge < -0.3 is 14.2 Å². The van der Waals surface area contributed by atoms with Gasteiger partial charge in [0.15, 0.2) is 11.5 Å². The molecular formula is C25H22N2O4. The molecule has 0 bridgehead atoms. The third kappa shape index (κ3) is 3.27. The zero-order valence-electron chi connectivity index (χ0n) is 17.4. The number of hydrogen-bond acceptors (Lipinski definition) is 6. The first-order valence-corrected chi connectivity index (χ1v) is 10.3. The summed E-state index contributed by atoms with van der Waals surface area (Å²) >= 11 is 0.